The summed E-state index contributed by atoms with van der Waals surface area (Å²) in [5.41, 5.74) is 2.65. The number of carbonyl (C=O) groups is 2. The van der Waals surface area contributed by atoms with Gasteiger partial charge in [-0.1, -0.05) is 42.5 Å². The number of halogens is 1. The Morgan fingerprint density at radius 1 is 0.833 bits per heavy atom. The van der Waals surface area contributed by atoms with Gasteiger partial charge >= 0.3 is 0 Å². The molecular weight excluding hydrogens is 462 g/mol. The number of nitrogens with one attached hydrogen (secondary N) is 2. The molecule has 3 aromatic carbocycles. The SMILES string of the molecule is O=C(Nc1csc(-c2cccc(NC(=O)c3ccccc3Br)c2)n1)c1ccccc1. The Bertz CT molecular complexity index is 1210. The van der Waals surface area contributed by atoms with E-state index in [1.165, 1.54) is 11.3 Å². The fourth-order valence-electron chi connectivity index (χ4n) is 2.82. The summed E-state index contributed by atoms with van der Waals surface area (Å²) >= 11 is 4.82. The molecule has 0 aliphatic heterocycles. The number of amides is 2. The third-order valence-corrected chi connectivity index (χ3v) is 5.85. The lowest BCUT2D eigenvalue weighted by Gasteiger charge is -2.08. The maximum Gasteiger partial charge on any atom is 0.256 e. The molecule has 0 saturated carbocycles. The van der Waals surface area contributed by atoms with E-state index in [0.29, 0.717) is 22.6 Å². The van der Waals surface area contributed by atoms with Crippen molar-refractivity contribution >= 4 is 50.6 Å². The number of carbonyl (C=O) groups excluding carboxylic acids is 2. The first kappa shape index (κ1) is 20.0. The summed E-state index contributed by atoms with van der Waals surface area (Å²) in [6, 6.07) is 23.7. The van der Waals surface area contributed by atoms with Gasteiger partial charge < -0.3 is 10.6 Å². The van der Waals surface area contributed by atoms with Gasteiger partial charge in [0.2, 0.25) is 0 Å². The van der Waals surface area contributed by atoms with Crippen molar-refractivity contribution in [2.45, 2.75) is 0 Å². The standard InChI is InChI=1S/C23H16BrN3O2S/c24-19-12-5-4-11-18(19)22(29)25-17-10-6-9-16(13-17)23-27-20(14-30-23)26-21(28)15-7-2-1-3-8-15/h1-14H,(H,25,29)(H,26,28). The minimum atomic E-state index is -0.207. The molecule has 0 fully saturated rings. The summed E-state index contributed by atoms with van der Waals surface area (Å²) in [5.74, 6) is 0.0861. The maximum atomic E-state index is 12.5. The summed E-state index contributed by atoms with van der Waals surface area (Å²) < 4.78 is 0.734. The second kappa shape index (κ2) is 9.02. The highest BCUT2D eigenvalue weighted by atomic mass is 79.9. The van der Waals surface area contributed by atoms with Crippen LogP contribution in [-0.2, 0) is 0 Å². The normalized spacial score (nSPS) is 10.4. The summed E-state index contributed by atoms with van der Waals surface area (Å²) in [6.07, 6.45) is 0. The Balaban J connectivity index is 1.48. The van der Waals surface area contributed by atoms with Crippen LogP contribution in [0.1, 0.15) is 20.7 Å². The van der Waals surface area contributed by atoms with Crippen LogP contribution in [0.25, 0.3) is 10.6 Å². The summed E-state index contributed by atoms with van der Waals surface area (Å²) in [6.45, 7) is 0. The van der Waals surface area contributed by atoms with Crippen molar-refractivity contribution in [2.24, 2.45) is 0 Å². The zero-order valence-electron chi connectivity index (χ0n) is 15.6. The van der Waals surface area contributed by atoms with Crippen LogP contribution in [0.5, 0.6) is 0 Å². The van der Waals surface area contributed by atoms with E-state index in [1.807, 2.05) is 60.7 Å². The number of benzene rings is 3. The Kier molecular flexibility index (Phi) is 6.02. The highest BCUT2D eigenvalue weighted by Gasteiger charge is 2.12. The molecular formula is C23H16BrN3O2S. The first-order chi connectivity index (χ1) is 14.6. The molecule has 1 heterocycles. The van der Waals surface area contributed by atoms with Crippen molar-refractivity contribution in [1.82, 2.24) is 4.98 Å². The lowest BCUT2D eigenvalue weighted by molar-refractivity contribution is 0.101. The van der Waals surface area contributed by atoms with Crippen LogP contribution in [0.3, 0.4) is 0 Å². The Labute approximate surface area is 185 Å². The molecule has 148 valence electrons. The molecule has 0 saturated heterocycles. The molecule has 1 aromatic heterocycles. The predicted octanol–water partition coefficient (Wildman–Crippen LogP) is 6.08. The van der Waals surface area contributed by atoms with E-state index in [1.54, 1.807) is 23.6 Å². The predicted molar refractivity (Wildman–Crippen MR) is 124 cm³/mol. The van der Waals surface area contributed by atoms with E-state index in [2.05, 4.69) is 31.5 Å². The zero-order chi connectivity index (χ0) is 20.9. The molecule has 0 spiro atoms. The molecule has 30 heavy (non-hydrogen) atoms. The van der Waals surface area contributed by atoms with E-state index < -0.39 is 0 Å². The summed E-state index contributed by atoms with van der Waals surface area (Å²) in [7, 11) is 0. The molecule has 0 aliphatic rings. The molecule has 7 heteroatoms. The van der Waals surface area contributed by atoms with Crippen molar-refractivity contribution in [3.8, 4) is 10.6 Å². The molecule has 4 aromatic rings. The molecule has 2 amide bonds. The first-order valence-corrected chi connectivity index (χ1v) is 10.8. The second-order valence-electron chi connectivity index (χ2n) is 6.37. The Morgan fingerprint density at radius 3 is 2.40 bits per heavy atom. The van der Waals surface area contributed by atoms with Gasteiger partial charge in [-0.05, 0) is 52.3 Å². The van der Waals surface area contributed by atoms with Crippen molar-refractivity contribution in [2.75, 3.05) is 10.6 Å². The van der Waals surface area contributed by atoms with Crippen molar-refractivity contribution in [3.05, 3.63) is 99.8 Å². The van der Waals surface area contributed by atoms with Gasteiger partial charge in [0.05, 0.1) is 5.56 Å². The van der Waals surface area contributed by atoms with Crippen LogP contribution in [-0.4, -0.2) is 16.8 Å². The van der Waals surface area contributed by atoms with Crippen LogP contribution >= 0.6 is 27.3 Å². The van der Waals surface area contributed by atoms with E-state index in [0.717, 1.165) is 15.0 Å². The van der Waals surface area contributed by atoms with Crippen molar-refractivity contribution in [1.29, 1.82) is 0 Å². The first-order valence-electron chi connectivity index (χ1n) is 9.08. The number of rotatable bonds is 5. The second-order valence-corrected chi connectivity index (χ2v) is 8.09. The number of hydrogen-bond acceptors (Lipinski definition) is 4. The Morgan fingerprint density at radius 2 is 1.60 bits per heavy atom. The smallest absolute Gasteiger partial charge is 0.256 e. The molecule has 0 unspecified atom stereocenters. The average molecular weight is 478 g/mol. The van der Waals surface area contributed by atoms with Crippen LogP contribution in [0, 0.1) is 0 Å². The van der Waals surface area contributed by atoms with Gasteiger partial charge in [-0.15, -0.1) is 11.3 Å². The monoisotopic (exact) mass is 477 g/mol. The highest BCUT2D eigenvalue weighted by Crippen LogP contribution is 2.28. The lowest BCUT2D eigenvalue weighted by Crippen LogP contribution is -2.12. The van der Waals surface area contributed by atoms with E-state index in [4.69, 9.17) is 0 Å². The lowest BCUT2D eigenvalue weighted by atomic mass is 10.2. The topological polar surface area (TPSA) is 71.1 Å². The quantitative estimate of drug-likeness (QED) is 0.365. The minimum Gasteiger partial charge on any atom is -0.322 e. The number of thiazole rings is 1. The molecule has 0 radical (unpaired) electrons. The van der Waals surface area contributed by atoms with Crippen LogP contribution < -0.4 is 10.6 Å². The Hall–Kier alpha value is -3.29. The molecule has 0 atom stereocenters. The fraction of sp³-hybridized carbons (Fsp3) is 0. The number of nitrogens with zero attached hydrogens (tertiary/aromatic N) is 1. The third kappa shape index (κ3) is 4.64. The van der Waals surface area contributed by atoms with Crippen molar-refractivity contribution < 1.29 is 9.59 Å². The molecule has 0 aliphatic carbocycles. The van der Waals surface area contributed by atoms with E-state index in [9.17, 15) is 9.59 Å². The molecule has 4 rings (SSSR count). The largest absolute Gasteiger partial charge is 0.322 e. The van der Waals surface area contributed by atoms with Gasteiger partial charge in [0.15, 0.2) is 0 Å². The fourth-order valence-corrected chi connectivity index (χ4v) is 4.03. The number of aromatic nitrogens is 1. The van der Waals surface area contributed by atoms with E-state index in [-0.39, 0.29) is 11.8 Å². The third-order valence-electron chi connectivity index (χ3n) is 4.27. The summed E-state index contributed by atoms with van der Waals surface area (Å²) in [5, 5.41) is 8.26. The van der Waals surface area contributed by atoms with Gasteiger partial charge in [-0.25, -0.2) is 4.98 Å². The maximum absolute atomic E-state index is 12.5. The molecule has 5 nitrogen and oxygen atoms in total. The van der Waals surface area contributed by atoms with Gasteiger partial charge in [-0.2, -0.15) is 0 Å². The molecule has 2 N–H and O–H groups in total. The zero-order valence-corrected chi connectivity index (χ0v) is 18.0. The average Bonchev–Trinajstić information content (AvgIpc) is 3.23. The van der Waals surface area contributed by atoms with Crippen LogP contribution in [0.15, 0.2) is 88.7 Å². The van der Waals surface area contributed by atoms with Gasteiger partial charge in [0, 0.05) is 26.7 Å². The van der Waals surface area contributed by atoms with Gasteiger partial charge in [-0.3, -0.25) is 9.59 Å². The summed E-state index contributed by atoms with van der Waals surface area (Å²) in [4.78, 5) is 29.3. The number of anilines is 2. The highest BCUT2D eigenvalue weighted by molar-refractivity contribution is 9.10. The van der Waals surface area contributed by atoms with Crippen LogP contribution in [0.2, 0.25) is 0 Å². The van der Waals surface area contributed by atoms with Crippen molar-refractivity contribution in [3.63, 3.8) is 0 Å². The number of hydrogen-bond donors (Lipinski definition) is 2. The van der Waals surface area contributed by atoms with Gasteiger partial charge in [0.1, 0.15) is 10.8 Å². The van der Waals surface area contributed by atoms with Gasteiger partial charge in [0.25, 0.3) is 11.8 Å². The van der Waals surface area contributed by atoms with E-state index >= 15 is 0 Å². The molecule has 0 bridgehead atoms. The minimum absolute atomic E-state index is 0.199. The van der Waals surface area contributed by atoms with Crippen LogP contribution in [0.4, 0.5) is 11.5 Å².